The summed E-state index contributed by atoms with van der Waals surface area (Å²) in [6, 6.07) is 1.83. The van der Waals surface area contributed by atoms with Crippen molar-refractivity contribution in [2.45, 2.75) is 34.1 Å². The molecule has 1 aromatic rings. The molecule has 1 aromatic heterocycles. The minimum atomic E-state index is 0.0554. The Morgan fingerprint density at radius 3 is 2.38 bits per heavy atom. The quantitative estimate of drug-likeness (QED) is 0.779. The van der Waals surface area contributed by atoms with E-state index in [1.807, 2.05) is 33.8 Å². The largest absolute Gasteiger partial charge is 0.339 e. The molecule has 0 radical (unpaired) electrons. The van der Waals surface area contributed by atoms with Gasteiger partial charge in [0.05, 0.1) is 17.0 Å². The van der Waals surface area contributed by atoms with E-state index in [-0.39, 0.29) is 5.91 Å². The Morgan fingerprint density at radius 2 is 1.88 bits per heavy atom. The second-order valence-electron chi connectivity index (χ2n) is 3.68. The summed E-state index contributed by atoms with van der Waals surface area (Å²) in [5.41, 5.74) is 2.26. The van der Waals surface area contributed by atoms with Crippen LogP contribution in [0.5, 0.6) is 0 Å². The van der Waals surface area contributed by atoms with Crippen molar-refractivity contribution in [2.75, 3.05) is 13.1 Å². The fourth-order valence-electron chi connectivity index (χ4n) is 1.64. The van der Waals surface area contributed by atoms with E-state index in [1.54, 1.807) is 4.90 Å². The normalized spacial score (nSPS) is 10.2. The van der Waals surface area contributed by atoms with Crippen LogP contribution < -0.4 is 0 Å². The Bertz CT molecular complexity index is 373. The van der Waals surface area contributed by atoms with E-state index in [1.165, 1.54) is 0 Å². The lowest BCUT2D eigenvalue weighted by Gasteiger charge is -2.19. The summed E-state index contributed by atoms with van der Waals surface area (Å²) in [7, 11) is 0. The smallest absolute Gasteiger partial charge is 0.255 e. The molecule has 88 valence electrons. The summed E-state index contributed by atoms with van der Waals surface area (Å²) in [6.45, 7) is 9.24. The Hall–Kier alpha value is -1.45. The highest BCUT2D eigenvalue weighted by Crippen LogP contribution is 2.10. The lowest BCUT2D eigenvalue weighted by atomic mass is 10.1. The molecule has 1 heterocycles. The molecule has 4 nitrogen and oxygen atoms in total. The highest BCUT2D eigenvalue weighted by atomic mass is 16.2. The third-order valence-electron chi connectivity index (χ3n) is 2.61. The van der Waals surface area contributed by atoms with Crippen LogP contribution in [0.3, 0.4) is 0 Å². The molecule has 0 N–H and O–H groups in total. The van der Waals surface area contributed by atoms with E-state index in [0.717, 1.165) is 30.9 Å². The molecule has 0 bridgehead atoms. The number of carbonyl (C=O) groups excluding carboxylic acids is 1. The molecule has 0 fully saturated rings. The van der Waals surface area contributed by atoms with Gasteiger partial charge < -0.3 is 4.90 Å². The Balaban J connectivity index is 3.10. The zero-order valence-corrected chi connectivity index (χ0v) is 10.4. The summed E-state index contributed by atoms with van der Waals surface area (Å²) >= 11 is 0. The minimum Gasteiger partial charge on any atom is -0.339 e. The van der Waals surface area contributed by atoms with Crippen molar-refractivity contribution in [3.63, 3.8) is 0 Å². The van der Waals surface area contributed by atoms with E-state index < -0.39 is 0 Å². The van der Waals surface area contributed by atoms with Gasteiger partial charge in [-0.15, -0.1) is 0 Å². The van der Waals surface area contributed by atoms with Gasteiger partial charge in [0.1, 0.15) is 0 Å². The van der Waals surface area contributed by atoms with Crippen LogP contribution in [0, 0.1) is 6.92 Å². The number of carbonyl (C=O) groups is 1. The van der Waals surface area contributed by atoms with Crippen LogP contribution in [0.25, 0.3) is 0 Å². The minimum absolute atomic E-state index is 0.0554. The number of nitrogens with zero attached hydrogens (tertiary/aromatic N) is 3. The van der Waals surface area contributed by atoms with Gasteiger partial charge in [-0.05, 0) is 33.3 Å². The first-order chi connectivity index (χ1) is 7.63. The molecule has 4 heteroatoms. The van der Waals surface area contributed by atoms with Crippen LogP contribution in [0.2, 0.25) is 0 Å². The summed E-state index contributed by atoms with van der Waals surface area (Å²) in [4.78, 5) is 14.0. The second-order valence-corrected chi connectivity index (χ2v) is 3.68. The lowest BCUT2D eigenvalue weighted by Crippen LogP contribution is -2.31. The predicted molar refractivity (Wildman–Crippen MR) is 63.4 cm³/mol. The van der Waals surface area contributed by atoms with Crippen LogP contribution in [-0.2, 0) is 6.42 Å². The van der Waals surface area contributed by atoms with E-state index in [4.69, 9.17) is 0 Å². The molecular weight excluding hydrogens is 202 g/mol. The molecule has 0 aromatic carbocycles. The van der Waals surface area contributed by atoms with Crippen molar-refractivity contribution < 1.29 is 4.79 Å². The van der Waals surface area contributed by atoms with Gasteiger partial charge in [-0.2, -0.15) is 10.2 Å². The van der Waals surface area contributed by atoms with E-state index in [0.29, 0.717) is 5.56 Å². The van der Waals surface area contributed by atoms with Gasteiger partial charge in [0, 0.05) is 13.1 Å². The number of hydrogen-bond acceptors (Lipinski definition) is 3. The zero-order valence-electron chi connectivity index (χ0n) is 10.4. The zero-order chi connectivity index (χ0) is 12.1. The summed E-state index contributed by atoms with van der Waals surface area (Å²) in [6.07, 6.45) is 0.732. The number of rotatable bonds is 4. The van der Waals surface area contributed by atoms with Crippen LogP contribution in [-0.4, -0.2) is 34.1 Å². The standard InChI is InChI=1S/C12H19N3O/c1-5-11-10(8-9(4)13-14-11)12(16)15(6-2)7-3/h8H,5-7H2,1-4H3. The van der Waals surface area contributed by atoms with Crippen LogP contribution in [0.4, 0.5) is 0 Å². The van der Waals surface area contributed by atoms with Crippen molar-refractivity contribution in [3.05, 3.63) is 23.0 Å². The van der Waals surface area contributed by atoms with Crippen molar-refractivity contribution in [3.8, 4) is 0 Å². The van der Waals surface area contributed by atoms with Gasteiger partial charge in [0.2, 0.25) is 0 Å². The van der Waals surface area contributed by atoms with Crippen molar-refractivity contribution in [1.29, 1.82) is 0 Å². The fourth-order valence-corrected chi connectivity index (χ4v) is 1.64. The molecule has 1 amide bonds. The van der Waals surface area contributed by atoms with E-state index in [2.05, 4.69) is 10.2 Å². The van der Waals surface area contributed by atoms with Crippen LogP contribution in [0.1, 0.15) is 42.5 Å². The lowest BCUT2D eigenvalue weighted by molar-refractivity contribution is 0.0771. The highest BCUT2D eigenvalue weighted by molar-refractivity contribution is 5.95. The Morgan fingerprint density at radius 1 is 1.25 bits per heavy atom. The van der Waals surface area contributed by atoms with Gasteiger partial charge in [-0.25, -0.2) is 0 Å². The Kier molecular flexibility index (Phi) is 4.40. The first kappa shape index (κ1) is 12.6. The van der Waals surface area contributed by atoms with Crippen molar-refractivity contribution in [1.82, 2.24) is 15.1 Å². The Labute approximate surface area is 96.7 Å². The maximum Gasteiger partial charge on any atom is 0.255 e. The van der Waals surface area contributed by atoms with Gasteiger partial charge in [-0.1, -0.05) is 6.92 Å². The number of amides is 1. The van der Waals surface area contributed by atoms with Gasteiger partial charge in [-0.3, -0.25) is 4.79 Å². The average molecular weight is 221 g/mol. The van der Waals surface area contributed by atoms with E-state index in [9.17, 15) is 4.79 Å². The van der Waals surface area contributed by atoms with Gasteiger partial charge >= 0.3 is 0 Å². The maximum absolute atomic E-state index is 12.2. The molecule has 0 saturated heterocycles. The number of hydrogen-bond donors (Lipinski definition) is 0. The first-order valence-corrected chi connectivity index (χ1v) is 5.76. The molecule has 0 aliphatic rings. The molecule has 0 aliphatic carbocycles. The topological polar surface area (TPSA) is 46.1 Å². The van der Waals surface area contributed by atoms with Crippen molar-refractivity contribution in [2.24, 2.45) is 0 Å². The summed E-state index contributed by atoms with van der Waals surface area (Å²) in [5, 5.41) is 8.05. The number of aromatic nitrogens is 2. The predicted octanol–water partition coefficient (Wildman–Crippen LogP) is 1.83. The molecule has 0 unspecified atom stereocenters. The van der Waals surface area contributed by atoms with Crippen LogP contribution in [0.15, 0.2) is 6.07 Å². The van der Waals surface area contributed by atoms with E-state index >= 15 is 0 Å². The molecule has 16 heavy (non-hydrogen) atoms. The van der Waals surface area contributed by atoms with Gasteiger partial charge in [0.25, 0.3) is 5.91 Å². The summed E-state index contributed by atoms with van der Waals surface area (Å²) in [5.74, 6) is 0.0554. The molecular formula is C12H19N3O. The van der Waals surface area contributed by atoms with Crippen molar-refractivity contribution >= 4 is 5.91 Å². The fraction of sp³-hybridized carbons (Fsp3) is 0.583. The third kappa shape index (κ3) is 2.56. The van der Waals surface area contributed by atoms with Gasteiger partial charge in [0.15, 0.2) is 0 Å². The molecule has 0 atom stereocenters. The average Bonchev–Trinajstić information content (AvgIpc) is 2.30. The highest BCUT2D eigenvalue weighted by Gasteiger charge is 2.17. The first-order valence-electron chi connectivity index (χ1n) is 5.76. The molecule has 0 aliphatic heterocycles. The maximum atomic E-state index is 12.2. The summed E-state index contributed by atoms with van der Waals surface area (Å²) < 4.78 is 0. The number of aryl methyl sites for hydroxylation is 2. The SMILES string of the molecule is CCc1nnc(C)cc1C(=O)N(CC)CC. The molecule has 1 rings (SSSR count). The molecule has 0 spiro atoms. The second kappa shape index (κ2) is 5.58. The molecule has 0 saturated carbocycles. The third-order valence-corrected chi connectivity index (χ3v) is 2.61. The monoisotopic (exact) mass is 221 g/mol. The van der Waals surface area contributed by atoms with Crippen LogP contribution >= 0.6 is 0 Å².